The van der Waals surface area contributed by atoms with Crippen molar-refractivity contribution in [3.8, 4) is 0 Å². The molecule has 1 rings (SSSR count). The van der Waals surface area contributed by atoms with Crippen LogP contribution in [-0.4, -0.2) is 24.9 Å². The molecule has 3 N–H and O–H groups in total. The van der Waals surface area contributed by atoms with Crippen molar-refractivity contribution in [3.63, 3.8) is 0 Å². The zero-order chi connectivity index (χ0) is 13.2. The van der Waals surface area contributed by atoms with Gasteiger partial charge in [0.15, 0.2) is 0 Å². The van der Waals surface area contributed by atoms with Gasteiger partial charge in [-0.3, -0.25) is 4.79 Å². The molecule has 0 aliphatic rings. The second-order valence-electron chi connectivity index (χ2n) is 3.97. The second kappa shape index (κ2) is 4.89. The lowest BCUT2D eigenvalue weighted by molar-refractivity contribution is 0.0992. The SMILES string of the molecule is CCC(C)NS(=O)(=O)c1cc(C(N)=O)n(C)c1. The molecule has 0 spiro atoms. The number of nitrogens with two attached hydrogens (primary N) is 1. The van der Waals surface area contributed by atoms with Gasteiger partial charge in [-0.25, -0.2) is 13.1 Å². The molecule has 6 nitrogen and oxygen atoms in total. The summed E-state index contributed by atoms with van der Waals surface area (Å²) in [5.41, 5.74) is 5.29. The molecule has 0 saturated carbocycles. The topological polar surface area (TPSA) is 94.2 Å². The van der Waals surface area contributed by atoms with Crippen LogP contribution in [-0.2, 0) is 17.1 Å². The smallest absolute Gasteiger partial charge is 0.265 e. The number of primary amides is 1. The number of carbonyl (C=O) groups excluding carboxylic acids is 1. The predicted octanol–water partition coefficient (Wildman–Crippen LogP) is 0.201. The minimum atomic E-state index is -3.59. The summed E-state index contributed by atoms with van der Waals surface area (Å²) in [6.45, 7) is 3.66. The molecule has 1 amide bonds. The Labute approximate surface area is 101 Å². The van der Waals surface area contributed by atoms with Crippen molar-refractivity contribution in [2.75, 3.05) is 0 Å². The van der Waals surface area contributed by atoms with Gasteiger partial charge in [0, 0.05) is 19.3 Å². The van der Waals surface area contributed by atoms with Crippen LogP contribution < -0.4 is 10.5 Å². The molecule has 1 aromatic rings. The number of nitrogens with zero attached hydrogens (tertiary/aromatic N) is 1. The number of amides is 1. The largest absolute Gasteiger partial charge is 0.364 e. The van der Waals surface area contributed by atoms with Crippen molar-refractivity contribution in [1.29, 1.82) is 0 Å². The van der Waals surface area contributed by atoms with Gasteiger partial charge in [0.2, 0.25) is 10.0 Å². The Morgan fingerprint density at radius 2 is 2.18 bits per heavy atom. The molecule has 96 valence electrons. The number of carbonyl (C=O) groups is 1. The number of hydrogen-bond acceptors (Lipinski definition) is 3. The average molecular weight is 259 g/mol. The quantitative estimate of drug-likeness (QED) is 0.791. The number of sulfonamides is 1. The maximum atomic E-state index is 11.9. The first-order valence-corrected chi connectivity index (χ1v) is 6.74. The van der Waals surface area contributed by atoms with Crippen molar-refractivity contribution in [1.82, 2.24) is 9.29 Å². The Morgan fingerprint density at radius 3 is 2.59 bits per heavy atom. The van der Waals surface area contributed by atoms with E-state index in [0.717, 1.165) is 0 Å². The van der Waals surface area contributed by atoms with Crippen LogP contribution in [0.15, 0.2) is 17.2 Å². The number of aromatic nitrogens is 1. The molecule has 17 heavy (non-hydrogen) atoms. The lowest BCUT2D eigenvalue weighted by Gasteiger charge is -2.10. The fourth-order valence-corrected chi connectivity index (χ4v) is 2.74. The lowest BCUT2D eigenvalue weighted by Crippen LogP contribution is -2.31. The van der Waals surface area contributed by atoms with Gasteiger partial charge in [0.05, 0.1) is 0 Å². The Morgan fingerprint density at radius 1 is 1.59 bits per heavy atom. The molecule has 0 aliphatic carbocycles. The van der Waals surface area contributed by atoms with E-state index in [0.29, 0.717) is 6.42 Å². The summed E-state index contributed by atoms with van der Waals surface area (Å²) in [6.07, 6.45) is 2.06. The number of aryl methyl sites for hydroxylation is 1. The van der Waals surface area contributed by atoms with E-state index in [9.17, 15) is 13.2 Å². The van der Waals surface area contributed by atoms with Crippen molar-refractivity contribution in [2.45, 2.75) is 31.2 Å². The molecule has 0 fully saturated rings. The van der Waals surface area contributed by atoms with Crippen LogP contribution in [0.2, 0.25) is 0 Å². The third-order valence-corrected chi connectivity index (χ3v) is 4.07. The van der Waals surface area contributed by atoms with E-state index in [2.05, 4.69) is 4.72 Å². The second-order valence-corrected chi connectivity index (χ2v) is 5.68. The van der Waals surface area contributed by atoms with Crippen molar-refractivity contribution < 1.29 is 13.2 Å². The molecule has 1 atom stereocenters. The number of nitrogens with one attached hydrogen (secondary N) is 1. The van der Waals surface area contributed by atoms with E-state index in [-0.39, 0.29) is 16.6 Å². The Hall–Kier alpha value is -1.34. The Bertz CT molecular complexity index is 519. The van der Waals surface area contributed by atoms with Crippen LogP contribution >= 0.6 is 0 Å². The number of rotatable bonds is 5. The predicted molar refractivity (Wildman–Crippen MR) is 64.0 cm³/mol. The normalized spacial score (nSPS) is 13.6. The first-order chi connectivity index (χ1) is 7.77. The molecule has 1 unspecified atom stereocenters. The Kier molecular flexibility index (Phi) is 3.94. The standard InChI is InChI=1S/C10H17N3O3S/c1-4-7(2)12-17(15,16)8-5-9(10(11)14)13(3)6-8/h5-7,12H,4H2,1-3H3,(H2,11,14). The number of hydrogen-bond donors (Lipinski definition) is 2. The highest BCUT2D eigenvalue weighted by atomic mass is 32.2. The van der Waals surface area contributed by atoms with Gasteiger partial charge >= 0.3 is 0 Å². The monoisotopic (exact) mass is 259 g/mol. The van der Waals surface area contributed by atoms with E-state index in [4.69, 9.17) is 5.73 Å². The molecular weight excluding hydrogens is 242 g/mol. The summed E-state index contributed by atoms with van der Waals surface area (Å²) < 4.78 is 27.7. The van der Waals surface area contributed by atoms with Crippen LogP contribution in [0.25, 0.3) is 0 Å². The van der Waals surface area contributed by atoms with Crippen LogP contribution in [0.1, 0.15) is 30.8 Å². The lowest BCUT2D eigenvalue weighted by atomic mass is 10.3. The minimum Gasteiger partial charge on any atom is -0.364 e. The van der Waals surface area contributed by atoms with Gasteiger partial charge in [-0.05, 0) is 19.4 Å². The zero-order valence-corrected chi connectivity index (χ0v) is 10.9. The summed E-state index contributed by atoms with van der Waals surface area (Å²) in [5, 5.41) is 0. The molecule has 1 heterocycles. The fraction of sp³-hybridized carbons (Fsp3) is 0.500. The van der Waals surface area contributed by atoms with E-state index in [1.54, 1.807) is 14.0 Å². The third kappa shape index (κ3) is 3.07. The molecule has 0 bridgehead atoms. The molecular formula is C10H17N3O3S. The molecule has 1 aromatic heterocycles. The van der Waals surface area contributed by atoms with E-state index >= 15 is 0 Å². The van der Waals surface area contributed by atoms with Crippen LogP contribution in [0.4, 0.5) is 0 Å². The van der Waals surface area contributed by atoms with Crippen LogP contribution in [0, 0.1) is 0 Å². The highest BCUT2D eigenvalue weighted by molar-refractivity contribution is 7.89. The fourth-order valence-electron chi connectivity index (χ4n) is 1.34. The van der Waals surface area contributed by atoms with E-state index in [1.165, 1.54) is 16.8 Å². The maximum Gasteiger partial charge on any atom is 0.265 e. The van der Waals surface area contributed by atoms with Gasteiger partial charge in [0.1, 0.15) is 10.6 Å². The molecule has 0 saturated heterocycles. The van der Waals surface area contributed by atoms with E-state index in [1.807, 2.05) is 6.92 Å². The summed E-state index contributed by atoms with van der Waals surface area (Å²) in [5.74, 6) is -0.655. The molecule has 0 aromatic carbocycles. The van der Waals surface area contributed by atoms with Crippen LogP contribution in [0.3, 0.4) is 0 Å². The average Bonchev–Trinajstić information content (AvgIpc) is 2.60. The van der Waals surface area contributed by atoms with Crippen molar-refractivity contribution >= 4 is 15.9 Å². The van der Waals surface area contributed by atoms with Gasteiger partial charge < -0.3 is 10.3 Å². The molecule has 0 radical (unpaired) electrons. The van der Waals surface area contributed by atoms with Crippen molar-refractivity contribution in [3.05, 3.63) is 18.0 Å². The van der Waals surface area contributed by atoms with Gasteiger partial charge in [-0.2, -0.15) is 0 Å². The summed E-state index contributed by atoms with van der Waals surface area (Å²) in [4.78, 5) is 11.1. The van der Waals surface area contributed by atoms with Crippen LogP contribution in [0.5, 0.6) is 0 Å². The maximum absolute atomic E-state index is 11.9. The molecule has 0 aliphatic heterocycles. The summed E-state index contributed by atoms with van der Waals surface area (Å²) in [6, 6.07) is 1.12. The third-order valence-electron chi connectivity index (χ3n) is 2.51. The van der Waals surface area contributed by atoms with Gasteiger partial charge in [-0.15, -0.1) is 0 Å². The summed E-state index contributed by atoms with van der Waals surface area (Å²) >= 11 is 0. The highest BCUT2D eigenvalue weighted by Crippen LogP contribution is 2.13. The van der Waals surface area contributed by atoms with Gasteiger partial charge in [0.25, 0.3) is 5.91 Å². The minimum absolute atomic E-state index is 0.0501. The first kappa shape index (κ1) is 13.7. The highest BCUT2D eigenvalue weighted by Gasteiger charge is 2.20. The first-order valence-electron chi connectivity index (χ1n) is 5.26. The zero-order valence-electron chi connectivity index (χ0n) is 10.1. The van der Waals surface area contributed by atoms with Gasteiger partial charge in [-0.1, -0.05) is 6.92 Å². The molecule has 7 heteroatoms. The Balaban J connectivity index is 3.08. The summed E-state index contributed by atoms with van der Waals surface area (Å²) in [7, 11) is -2.01. The van der Waals surface area contributed by atoms with Crippen molar-refractivity contribution in [2.24, 2.45) is 12.8 Å². The van der Waals surface area contributed by atoms with E-state index < -0.39 is 15.9 Å².